The van der Waals surface area contributed by atoms with E-state index in [1.165, 1.54) is 0 Å². The lowest BCUT2D eigenvalue weighted by atomic mass is 10.00. The number of likely N-dealkylation sites (N-methyl/N-ethyl adjacent to an activating group) is 1. The van der Waals surface area contributed by atoms with E-state index in [0.29, 0.717) is 13.0 Å². The third-order valence-corrected chi connectivity index (χ3v) is 4.73. The van der Waals surface area contributed by atoms with E-state index in [4.69, 9.17) is 0 Å². The lowest BCUT2D eigenvalue weighted by Gasteiger charge is -2.37. The standard InChI is InChI=1S/C19H29N3O2/c1-14(2)22(13-15-9-11-16(12-10-15)20(3)4)19(24)17-7-6-8-18(23)21(17)5/h9-12,14,17H,6-8,13H2,1-5H3. The third kappa shape index (κ3) is 4.08. The molecule has 5 heteroatoms. The lowest BCUT2D eigenvalue weighted by molar-refractivity contribution is -0.148. The van der Waals surface area contributed by atoms with Gasteiger partial charge in [0.1, 0.15) is 6.04 Å². The molecule has 0 aliphatic carbocycles. The molecule has 2 rings (SSSR count). The highest BCUT2D eigenvalue weighted by Gasteiger charge is 2.34. The van der Waals surface area contributed by atoms with Crippen molar-refractivity contribution >= 4 is 17.5 Å². The number of anilines is 1. The van der Waals surface area contributed by atoms with E-state index in [1.807, 2.05) is 32.8 Å². The van der Waals surface area contributed by atoms with Crippen molar-refractivity contribution in [3.63, 3.8) is 0 Å². The molecule has 0 N–H and O–H groups in total. The van der Waals surface area contributed by atoms with Crippen molar-refractivity contribution in [1.82, 2.24) is 9.80 Å². The van der Waals surface area contributed by atoms with Crippen LogP contribution >= 0.6 is 0 Å². The first-order chi connectivity index (χ1) is 11.3. The number of piperidine rings is 1. The first kappa shape index (κ1) is 18.3. The van der Waals surface area contributed by atoms with Crippen molar-refractivity contribution < 1.29 is 9.59 Å². The minimum Gasteiger partial charge on any atom is -0.378 e. The summed E-state index contributed by atoms with van der Waals surface area (Å²) in [4.78, 5) is 30.5. The summed E-state index contributed by atoms with van der Waals surface area (Å²) in [5.41, 5.74) is 2.24. The van der Waals surface area contributed by atoms with Gasteiger partial charge in [0.2, 0.25) is 11.8 Å². The normalized spacial score (nSPS) is 18.0. The molecule has 1 aromatic carbocycles. The number of benzene rings is 1. The molecular formula is C19H29N3O2. The summed E-state index contributed by atoms with van der Waals surface area (Å²) in [5.74, 6) is 0.121. The largest absolute Gasteiger partial charge is 0.378 e. The summed E-state index contributed by atoms with van der Waals surface area (Å²) in [7, 11) is 5.76. The molecule has 1 aliphatic heterocycles. The Kier molecular flexibility index (Phi) is 5.86. The number of hydrogen-bond acceptors (Lipinski definition) is 3. The summed E-state index contributed by atoms with van der Waals surface area (Å²) >= 11 is 0. The number of hydrogen-bond donors (Lipinski definition) is 0. The van der Waals surface area contributed by atoms with Gasteiger partial charge in [-0.1, -0.05) is 12.1 Å². The molecule has 0 spiro atoms. The second kappa shape index (κ2) is 7.69. The van der Waals surface area contributed by atoms with E-state index >= 15 is 0 Å². The molecule has 24 heavy (non-hydrogen) atoms. The van der Waals surface area contributed by atoms with Gasteiger partial charge >= 0.3 is 0 Å². The van der Waals surface area contributed by atoms with Gasteiger partial charge in [-0.3, -0.25) is 9.59 Å². The summed E-state index contributed by atoms with van der Waals surface area (Å²) in [6.07, 6.45) is 2.10. The van der Waals surface area contributed by atoms with Crippen LogP contribution in [-0.4, -0.2) is 54.8 Å². The van der Waals surface area contributed by atoms with E-state index < -0.39 is 0 Å². The Labute approximate surface area is 145 Å². The van der Waals surface area contributed by atoms with Crippen LogP contribution in [0.25, 0.3) is 0 Å². The van der Waals surface area contributed by atoms with Gasteiger partial charge < -0.3 is 14.7 Å². The second-order valence-corrected chi connectivity index (χ2v) is 7.03. The molecule has 0 radical (unpaired) electrons. The van der Waals surface area contributed by atoms with Gasteiger partial charge in [0.05, 0.1) is 0 Å². The molecule has 0 saturated carbocycles. The molecule has 1 aliphatic rings. The van der Waals surface area contributed by atoms with Gasteiger partial charge in [0, 0.05) is 45.8 Å². The van der Waals surface area contributed by atoms with Crippen LogP contribution < -0.4 is 4.90 Å². The molecule has 5 nitrogen and oxygen atoms in total. The Hall–Kier alpha value is -2.04. The van der Waals surface area contributed by atoms with Crippen LogP contribution in [0, 0.1) is 0 Å². The Morgan fingerprint density at radius 1 is 1.25 bits per heavy atom. The molecular weight excluding hydrogens is 302 g/mol. The zero-order valence-electron chi connectivity index (χ0n) is 15.5. The number of rotatable bonds is 5. The van der Waals surface area contributed by atoms with Crippen molar-refractivity contribution in [2.24, 2.45) is 0 Å². The molecule has 132 valence electrons. The Balaban J connectivity index is 2.13. The van der Waals surface area contributed by atoms with E-state index in [9.17, 15) is 9.59 Å². The first-order valence-corrected chi connectivity index (χ1v) is 8.63. The smallest absolute Gasteiger partial charge is 0.245 e. The zero-order valence-corrected chi connectivity index (χ0v) is 15.5. The van der Waals surface area contributed by atoms with Gasteiger partial charge in [-0.15, -0.1) is 0 Å². The van der Waals surface area contributed by atoms with Crippen molar-refractivity contribution in [2.75, 3.05) is 26.0 Å². The Morgan fingerprint density at radius 3 is 2.42 bits per heavy atom. The summed E-state index contributed by atoms with van der Waals surface area (Å²) in [6.45, 7) is 4.62. The fourth-order valence-electron chi connectivity index (χ4n) is 3.08. The maximum absolute atomic E-state index is 13.0. The van der Waals surface area contributed by atoms with Crippen molar-refractivity contribution in [1.29, 1.82) is 0 Å². The van der Waals surface area contributed by atoms with E-state index in [2.05, 4.69) is 29.2 Å². The van der Waals surface area contributed by atoms with Crippen LogP contribution in [0.1, 0.15) is 38.7 Å². The number of carbonyl (C=O) groups excluding carboxylic acids is 2. The number of likely N-dealkylation sites (tertiary alicyclic amines) is 1. The van der Waals surface area contributed by atoms with Crippen LogP contribution in [0.3, 0.4) is 0 Å². The van der Waals surface area contributed by atoms with Gasteiger partial charge in [-0.25, -0.2) is 0 Å². The maximum atomic E-state index is 13.0. The van der Waals surface area contributed by atoms with E-state index in [1.54, 1.807) is 11.9 Å². The SMILES string of the molecule is CC(C)N(Cc1ccc(N(C)C)cc1)C(=O)C1CCCC(=O)N1C. The van der Waals surface area contributed by atoms with Crippen LogP contribution in [0.5, 0.6) is 0 Å². The number of amides is 2. The monoisotopic (exact) mass is 331 g/mol. The third-order valence-electron chi connectivity index (χ3n) is 4.73. The van der Waals surface area contributed by atoms with Gasteiger partial charge in [-0.05, 0) is 44.4 Å². The van der Waals surface area contributed by atoms with Gasteiger partial charge in [0.15, 0.2) is 0 Å². The zero-order chi connectivity index (χ0) is 17.9. The summed E-state index contributed by atoms with van der Waals surface area (Å²) in [6, 6.07) is 8.02. The van der Waals surface area contributed by atoms with Crippen LogP contribution in [-0.2, 0) is 16.1 Å². The Bertz CT molecular complexity index is 581. The fourth-order valence-corrected chi connectivity index (χ4v) is 3.08. The highest BCUT2D eigenvalue weighted by Crippen LogP contribution is 2.21. The molecule has 1 unspecified atom stereocenters. The predicted molar refractivity (Wildman–Crippen MR) is 96.9 cm³/mol. The molecule has 1 aromatic rings. The molecule has 1 heterocycles. The molecule has 0 bridgehead atoms. The molecule has 1 atom stereocenters. The van der Waals surface area contributed by atoms with Crippen molar-refractivity contribution in [3.8, 4) is 0 Å². The predicted octanol–water partition coefficient (Wildman–Crippen LogP) is 2.50. The quantitative estimate of drug-likeness (QED) is 0.833. The van der Waals surface area contributed by atoms with Crippen LogP contribution in [0.15, 0.2) is 24.3 Å². The van der Waals surface area contributed by atoms with E-state index in [-0.39, 0.29) is 23.9 Å². The first-order valence-electron chi connectivity index (χ1n) is 8.63. The summed E-state index contributed by atoms with van der Waals surface area (Å²) in [5, 5.41) is 0. The minimum absolute atomic E-state index is 0.0530. The summed E-state index contributed by atoms with van der Waals surface area (Å²) < 4.78 is 0. The number of carbonyl (C=O) groups is 2. The van der Waals surface area contributed by atoms with Gasteiger partial charge in [0.25, 0.3) is 0 Å². The highest BCUT2D eigenvalue weighted by atomic mass is 16.2. The van der Waals surface area contributed by atoms with Crippen LogP contribution in [0.4, 0.5) is 5.69 Å². The van der Waals surface area contributed by atoms with Crippen molar-refractivity contribution in [2.45, 2.75) is 51.7 Å². The average Bonchev–Trinajstić information content (AvgIpc) is 2.54. The van der Waals surface area contributed by atoms with E-state index in [0.717, 1.165) is 24.1 Å². The highest BCUT2D eigenvalue weighted by molar-refractivity contribution is 5.88. The maximum Gasteiger partial charge on any atom is 0.245 e. The Morgan fingerprint density at radius 2 is 1.88 bits per heavy atom. The number of nitrogens with zero attached hydrogens (tertiary/aromatic N) is 3. The van der Waals surface area contributed by atoms with Gasteiger partial charge in [-0.2, -0.15) is 0 Å². The van der Waals surface area contributed by atoms with Crippen LogP contribution in [0.2, 0.25) is 0 Å². The lowest BCUT2D eigenvalue weighted by Crippen LogP contribution is -2.52. The minimum atomic E-state index is -0.324. The second-order valence-electron chi connectivity index (χ2n) is 7.03. The molecule has 1 fully saturated rings. The average molecular weight is 331 g/mol. The molecule has 1 saturated heterocycles. The fraction of sp³-hybridized carbons (Fsp3) is 0.579. The molecule has 2 amide bonds. The van der Waals surface area contributed by atoms with Crippen molar-refractivity contribution in [3.05, 3.63) is 29.8 Å². The molecule has 0 aromatic heterocycles. The topological polar surface area (TPSA) is 43.9 Å².